The first-order chi connectivity index (χ1) is 9.44. The Kier molecular flexibility index (Phi) is 5.35. The molecule has 0 spiro atoms. The van der Waals surface area contributed by atoms with Crippen molar-refractivity contribution in [1.82, 2.24) is 16.0 Å². The van der Waals surface area contributed by atoms with Crippen molar-refractivity contribution in [1.29, 1.82) is 0 Å². The number of anilines is 1. The highest BCUT2D eigenvalue weighted by atomic mass is 35.5. The van der Waals surface area contributed by atoms with Crippen LogP contribution in [0.4, 0.5) is 10.5 Å². The smallest absolute Gasteiger partial charge is 0.310 e. The lowest BCUT2D eigenvalue weighted by Gasteiger charge is -2.33. The van der Waals surface area contributed by atoms with Gasteiger partial charge in [0.1, 0.15) is 6.29 Å². The average Bonchev–Trinajstić information content (AvgIpc) is 2.32. The maximum atomic E-state index is 11.9. The standard InChI is InChI=1S/C12H15Cl3N4O/c1-6-4-10(15)18-11(16-6)19-12(20)17-7-2-3-8(13)9(14)5-7/h2-3,5-6,10-11,16,18H,4H2,1H3,(H2,17,19,20). The first-order valence-corrected chi connectivity index (χ1v) is 7.32. The van der Waals surface area contributed by atoms with Gasteiger partial charge in [-0.2, -0.15) is 0 Å². The lowest BCUT2D eigenvalue weighted by Crippen LogP contribution is -2.63. The molecular weight excluding hydrogens is 323 g/mol. The number of rotatable bonds is 2. The van der Waals surface area contributed by atoms with E-state index in [9.17, 15) is 4.79 Å². The van der Waals surface area contributed by atoms with Gasteiger partial charge in [0, 0.05) is 11.7 Å². The molecule has 0 radical (unpaired) electrons. The molecule has 2 rings (SSSR count). The first kappa shape index (κ1) is 15.7. The van der Waals surface area contributed by atoms with Crippen LogP contribution < -0.4 is 21.3 Å². The van der Waals surface area contributed by atoms with E-state index < -0.39 is 0 Å². The van der Waals surface area contributed by atoms with E-state index in [1.807, 2.05) is 6.92 Å². The van der Waals surface area contributed by atoms with Crippen molar-refractivity contribution in [3.8, 4) is 0 Å². The normalized spacial score (nSPS) is 26.1. The molecule has 0 aromatic heterocycles. The molecule has 2 amide bonds. The Morgan fingerprint density at radius 1 is 1.30 bits per heavy atom. The molecule has 0 saturated carbocycles. The summed E-state index contributed by atoms with van der Waals surface area (Å²) in [5, 5.41) is 12.4. The fraction of sp³-hybridized carbons (Fsp3) is 0.417. The Bertz CT molecular complexity index is 490. The van der Waals surface area contributed by atoms with Crippen molar-refractivity contribution in [2.24, 2.45) is 0 Å². The van der Waals surface area contributed by atoms with E-state index in [1.165, 1.54) is 0 Å². The van der Waals surface area contributed by atoms with Gasteiger partial charge in [-0.15, -0.1) is 11.6 Å². The van der Waals surface area contributed by atoms with Gasteiger partial charge in [-0.25, -0.2) is 4.79 Å². The van der Waals surface area contributed by atoms with Crippen LogP contribution in [0.2, 0.25) is 10.0 Å². The Morgan fingerprint density at radius 2 is 2.05 bits per heavy atom. The average molecular weight is 338 g/mol. The van der Waals surface area contributed by atoms with Crippen molar-refractivity contribution in [3.63, 3.8) is 0 Å². The molecule has 0 aliphatic carbocycles. The number of halogens is 3. The number of alkyl halides is 1. The van der Waals surface area contributed by atoms with E-state index in [0.717, 1.165) is 6.42 Å². The number of carbonyl (C=O) groups is 1. The summed E-state index contributed by atoms with van der Waals surface area (Å²) in [5.74, 6) is 0. The minimum Gasteiger partial charge on any atom is -0.310 e. The van der Waals surface area contributed by atoms with Crippen molar-refractivity contribution in [3.05, 3.63) is 28.2 Å². The maximum absolute atomic E-state index is 11.9. The van der Waals surface area contributed by atoms with Gasteiger partial charge in [0.2, 0.25) is 0 Å². The Hall–Kier alpha value is -0.720. The second-order valence-electron chi connectivity index (χ2n) is 4.60. The van der Waals surface area contributed by atoms with Gasteiger partial charge in [-0.05, 0) is 31.5 Å². The number of amides is 2. The van der Waals surface area contributed by atoms with Crippen LogP contribution in [0.25, 0.3) is 0 Å². The highest BCUT2D eigenvalue weighted by Crippen LogP contribution is 2.24. The molecule has 20 heavy (non-hydrogen) atoms. The number of benzene rings is 1. The summed E-state index contributed by atoms with van der Waals surface area (Å²) >= 11 is 17.7. The van der Waals surface area contributed by atoms with Gasteiger partial charge >= 0.3 is 6.03 Å². The molecule has 1 aromatic carbocycles. The zero-order chi connectivity index (χ0) is 14.7. The van der Waals surface area contributed by atoms with E-state index in [1.54, 1.807) is 18.2 Å². The predicted octanol–water partition coefficient (Wildman–Crippen LogP) is 2.93. The molecular formula is C12H15Cl3N4O. The molecule has 4 N–H and O–H groups in total. The van der Waals surface area contributed by atoms with Gasteiger partial charge in [0.05, 0.1) is 15.5 Å². The highest BCUT2D eigenvalue weighted by Gasteiger charge is 2.24. The molecule has 1 aromatic rings. The lowest BCUT2D eigenvalue weighted by molar-refractivity contribution is 0.225. The molecule has 1 aliphatic heterocycles. The van der Waals surface area contributed by atoms with Crippen molar-refractivity contribution in [2.75, 3.05) is 5.32 Å². The molecule has 1 fully saturated rings. The van der Waals surface area contributed by atoms with Crippen molar-refractivity contribution < 1.29 is 4.79 Å². The third kappa shape index (κ3) is 4.40. The summed E-state index contributed by atoms with van der Waals surface area (Å²) in [6, 6.07) is 4.72. The van der Waals surface area contributed by atoms with Crippen LogP contribution >= 0.6 is 34.8 Å². The van der Waals surface area contributed by atoms with Crippen LogP contribution in [0.15, 0.2) is 18.2 Å². The molecule has 3 unspecified atom stereocenters. The van der Waals surface area contributed by atoms with E-state index in [4.69, 9.17) is 34.8 Å². The van der Waals surface area contributed by atoms with Crippen LogP contribution in [0.5, 0.6) is 0 Å². The lowest BCUT2D eigenvalue weighted by atomic mass is 10.2. The zero-order valence-electron chi connectivity index (χ0n) is 10.7. The zero-order valence-corrected chi connectivity index (χ0v) is 13.0. The van der Waals surface area contributed by atoms with Crippen LogP contribution in [0.1, 0.15) is 13.3 Å². The number of hydrogen-bond acceptors (Lipinski definition) is 3. The van der Waals surface area contributed by atoms with E-state index in [0.29, 0.717) is 15.7 Å². The molecule has 1 aliphatic rings. The molecule has 0 bridgehead atoms. The molecule has 110 valence electrons. The van der Waals surface area contributed by atoms with E-state index >= 15 is 0 Å². The predicted molar refractivity (Wildman–Crippen MR) is 82.4 cm³/mol. The Labute approximate surface area is 132 Å². The van der Waals surface area contributed by atoms with Crippen LogP contribution in [0.3, 0.4) is 0 Å². The molecule has 1 saturated heterocycles. The summed E-state index contributed by atoms with van der Waals surface area (Å²) < 4.78 is 0. The van der Waals surface area contributed by atoms with Crippen molar-refractivity contribution in [2.45, 2.75) is 31.2 Å². The second kappa shape index (κ2) is 6.83. The summed E-state index contributed by atoms with van der Waals surface area (Å²) in [6.07, 6.45) is 0.401. The van der Waals surface area contributed by atoms with Gasteiger partial charge in [0.15, 0.2) is 0 Å². The summed E-state index contributed by atoms with van der Waals surface area (Å²) in [5.41, 5.74) is 0.379. The monoisotopic (exact) mass is 336 g/mol. The molecule has 5 nitrogen and oxygen atoms in total. The summed E-state index contributed by atoms with van der Waals surface area (Å²) in [7, 11) is 0. The maximum Gasteiger partial charge on any atom is 0.321 e. The summed E-state index contributed by atoms with van der Waals surface area (Å²) in [6.45, 7) is 2.00. The molecule has 8 heteroatoms. The third-order valence-corrected chi connectivity index (χ3v) is 3.86. The highest BCUT2D eigenvalue weighted by molar-refractivity contribution is 6.42. The number of carbonyl (C=O) groups excluding carboxylic acids is 1. The first-order valence-electron chi connectivity index (χ1n) is 6.13. The van der Waals surface area contributed by atoms with Crippen molar-refractivity contribution >= 4 is 46.5 Å². The largest absolute Gasteiger partial charge is 0.321 e. The third-order valence-electron chi connectivity index (χ3n) is 2.81. The van der Waals surface area contributed by atoms with Gasteiger partial charge < -0.3 is 10.6 Å². The number of hydrogen-bond donors (Lipinski definition) is 4. The van der Waals surface area contributed by atoms with E-state index in [2.05, 4.69) is 21.3 Å². The molecule has 3 atom stereocenters. The topological polar surface area (TPSA) is 65.2 Å². The SMILES string of the molecule is CC1CC(Cl)NC(NC(=O)Nc2ccc(Cl)c(Cl)c2)N1. The Balaban J connectivity index is 1.90. The van der Waals surface area contributed by atoms with Crippen LogP contribution in [-0.2, 0) is 0 Å². The summed E-state index contributed by atoms with van der Waals surface area (Å²) in [4.78, 5) is 11.9. The second-order valence-corrected chi connectivity index (χ2v) is 5.94. The van der Waals surface area contributed by atoms with Gasteiger partial charge in [0.25, 0.3) is 0 Å². The van der Waals surface area contributed by atoms with Gasteiger partial charge in [-0.3, -0.25) is 10.6 Å². The number of urea groups is 1. The fourth-order valence-electron chi connectivity index (χ4n) is 1.92. The minimum absolute atomic E-state index is 0.179. The Morgan fingerprint density at radius 3 is 2.70 bits per heavy atom. The quantitative estimate of drug-likeness (QED) is 0.495. The number of nitrogens with one attached hydrogen (secondary N) is 4. The van der Waals surface area contributed by atoms with Crippen LogP contribution in [0, 0.1) is 0 Å². The van der Waals surface area contributed by atoms with Gasteiger partial charge in [-0.1, -0.05) is 23.2 Å². The minimum atomic E-state index is -0.385. The van der Waals surface area contributed by atoms with E-state index in [-0.39, 0.29) is 23.9 Å². The molecule has 1 heterocycles. The fourth-order valence-corrected chi connectivity index (χ4v) is 2.61. The van der Waals surface area contributed by atoms with Crippen LogP contribution in [-0.4, -0.2) is 23.9 Å².